The van der Waals surface area contributed by atoms with E-state index in [0.717, 1.165) is 36.2 Å². The van der Waals surface area contributed by atoms with Gasteiger partial charge in [-0.2, -0.15) is 0 Å². The molecule has 0 unspecified atom stereocenters. The molecule has 0 saturated heterocycles. The third-order valence-electron chi connectivity index (χ3n) is 4.28. The SMILES string of the molecule is CCN(Cc1cc(Br)ccc1OC)C1CCC(N)CC1. The Morgan fingerprint density at radius 2 is 2.00 bits per heavy atom. The minimum Gasteiger partial charge on any atom is -0.496 e. The predicted molar refractivity (Wildman–Crippen MR) is 87.0 cm³/mol. The van der Waals surface area contributed by atoms with E-state index in [2.05, 4.69) is 33.8 Å². The molecule has 0 bridgehead atoms. The van der Waals surface area contributed by atoms with E-state index in [1.807, 2.05) is 12.1 Å². The number of halogens is 1. The van der Waals surface area contributed by atoms with Crippen LogP contribution < -0.4 is 10.5 Å². The van der Waals surface area contributed by atoms with Crippen molar-refractivity contribution in [3.05, 3.63) is 28.2 Å². The molecule has 112 valence electrons. The number of nitrogens with zero attached hydrogens (tertiary/aromatic N) is 1. The fraction of sp³-hybridized carbons (Fsp3) is 0.625. The highest BCUT2D eigenvalue weighted by Gasteiger charge is 2.24. The maximum Gasteiger partial charge on any atom is 0.123 e. The van der Waals surface area contributed by atoms with Crippen molar-refractivity contribution >= 4 is 15.9 Å². The molecule has 4 heteroatoms. The summed E-state index contributed by atoms with van der Waals surface area (Å²) in [7, 11) is 1.74. The number of hydrogen-bond donors (Lipinski definition) is 1. The van der Waals surface area contributed by atoms with Crippen molar-refractivity contribution in [1.29, 1.82) is 0 Å². The zero-order chi connectivity index (χ0) is 14.5. The van der Waals surface area contributed by atoms with Gasteiger partial charge in [0, 0.05) is 28.7 Å². The molecule has 0 amide bonds. The maximum absolute atomic E-state index is 6.01. The first kappa shape index (κ1) is 15.8. The molecule has 1 aromatic carbocycles. The molecule has 1 aliphatic carbocycles. The lowest BCUT2D eigenvalue weighted by Crippen LogP contribution is -2.40. The Labute approximate surface area is 130 Å². The highest BCUT2D eigenvalue weighted by atomic mass is 79.9. The quantitative estimate of drug-likeness (QED) is 0.890. The van der Waals surface area contributed by atoms with Crippen molar-refractivity contribution in [1.82, 2.24) is 4.90 Å². The molecule has 0 atom stereocenters. The molecular formula is C16H25BrN2O. The monoisotopic (exact) mass is 340 g/mol. The van der Waals surface area contributed by atoms with Crippen LogP contribution in [0.1, 0.15) is 38.2 Å². The third-order valence-corrected chi connectivity index (χ3v) is 4.77. The zero-order valence-electron chi connectivity index (χ0n) is 12.4. The van der Waals surface area contributed by atoms with Gasteiger partial charge in [0.25, 0.3) is 0 Å². The van der Waals surface area contributed by atoms with Crippen molar-refractivity contribution in [3.8, 4) is 5.75 Å². The third kappa shape index (κ3) is 3.96. The van der Waals surface area contributed by atoms with Crippen LogP contribution in [0.5, 0.6) is 5.75 Å². The topological polar surface area (TPSA) is 38.5 Å². The van der Waals surface area contributed by atoms with E-state index in [-0.39, 0.29) is 0 Å². The van der Waals surface area contributed by atoms with Gasteiger partial charge in [0.1, 0.15) is 5.75 Å². The van der Waals surface area contributed by atoms with Crippen LogP contribution in [-0.4, -0.2) is 30.6 Å². The van der Waals surface area contributed by atoms with Crippen LogP contribution in [0.2, 0.25) is 0 Å². The van der Waals surface area contributed by atoms with Crippen LogP contribution in [0.15, 0.2) is 22.7 Å². The Morgan fingerprint density at radius 3 is 2.60 bits per heavy atom. The summed E-state index contributed by atoms with van der Waals surface area (Å²) in [5.41, 5.74) is 7.26. The number of methoxy groups -OCH3 is 1. The molecular weight excluding hydrogens is 316 g/mol. The van der Waals surface area contributed by atoms with Crippen LogP contribution >= 0.6 is 15.9 Å². The fourth-order valence-corrected chi connectivity index (χ4v) is 3.46. The van der Waals surface area contributed by atoms with Gasteiger partial charge in [-0.3, -0.25) is 4.90 Å². The molecule has 1 saturated carbocycles. The Balaban J connectivity index is 2.08. The highest BCUT2D eigenvalue weighted by molar-refractivity contribution is 9.10. The number of hydrogen-bond acceptors (Lipinski definition) is 3. The molecule has 2 N–H and O–H groups in total. The van der Waals surface area contributed by atoms with E-state index in [4.69, 9.17) is 10.5 Å². The second-order valence-electron chi connectivity index (χ2n) is 5.59. The van der Waals surface area contributed by atoms with E-state index in [1.54, 1.807) is 7.11 Å². The maximum atomic E-state index is 6.01. The Hall–Kier alpha value is -0.580. The van der Waals surface area contributed by atoms with Crippen molar-refractivity contribution in [2.45, 2.75) is 51.2 Å². The lowest BCUT2D eigenvalue weighted by atomic mass is 9.90. The molecule has 0 aliphatic heterocycles. The molecule has 20 heavy (non-hydrogen) atoms. The molecule has 3 nitrogen and oxygen atoms in total. The van der Waals surface area contributed by atoms with E-state index in [1.165, 1.54) is 18.4 Å². The van der Waals surface area contributed by atoms with E-state index in [9.17, 15) is 0 Å². The molecule has 0 spiro atoms. The molecule has 0 radical (unpaired) electrons. The van der Waals surface area contributed by atoms with Crippen molar-refractivity contribution in [3.63, 3.8) is 0 Å². The summed E-state index contributed by atoms with van der Waals surface area (Å²) in [6.45, 7) is 4.24. The summed E-state index contributed by atoms with van der Waals surface area (Å²) >= 11 is 3.55. The minimum atomic E-state index is 0.408. The standard InChI is InChI=1S/C16H25BrN2O/c1-3-19(15-7-5-14(18)6-8-15)11-12-10-13(17)4-9-16(12)20-2/h4,9-10,14-15H,3,5-8,11,18H2,1-2H3. The Kier molecular flexibility index (Phi) is 5.87. The number of ether oxygens (including phenoxy) is 1. The van der Waals surface area contributed by atoms with Crippen LogP contribution in [0, 0.1) is 0 Å². The van der Waals surface area contributed by atoms with E-state index < -0.39 is 0 Å². The van der Waals surface area contributed by atoms with Gasteiger partial charge in [0.05, 0.1) is 7.11 Å². The average Bonchev–Trinajstić information content (AvgIpc) is 2.46. The number of rotatable bonds is 5. The number of nitrogens with two attached hydrogens (primary N) is 1. The van der Waals surface area contributed by atoms with Crippen LogP contribution in [0.3, 0.4) is 0 Å². The average molecular weight is 341 g/mol. The molecule has 1 aliphatic rings. The van der Waals surface area contributed by atoms with Gasteiger partial charge in [0.15, 0.2) is 0 Å². The number of benzene rings is 1. The molecule has 0 aromatic heterocycles. The van der Waals surface area contributed by atoms with Gasteiger partial charge in [-0.05, 0) is 50.4 Å². The minimum absolute atomic E-state index is 0.408. The molecule has 1 aromatic rings. The summed E-state index contributed by atoms with van der Waals surface area (Å²) in [6.07, 6.45) is 4.73. The normalized spacial score (nSPS) is 23.1. The van der Waals surface area contributed by atoms with E-state index in [0.29, 0.717) is 12.1 Å². The summed E-state index contributed by atoms with van der Waals surface area (Å²) in [6, 6.07) is 7.28. The van der Waals surface area contributed by atoms with Crippen molar-refractivity contribution < 1.29 is 4.74 Å². The lowest BCUT2D eigenvalue weighted by molar-refractivity contribution is 0.148. The highest BCUT2D eigenvalue weighted by Crippen LogP contribution is 2.28. The lowest BCUT2D eigenvalue weighted by Gasteiger charge is -2.35. The first-order valence-corrected chi connectivity index (χ1v) is 8.25. The first-order chi connectivity index (χ1) is 9.63. The van der Waals surface area contributed by atoms with Gasteiger partial charge in [-0.1, -0.05) is 22.9 Å². The van der Waals surface area contributed by atoms with Gasteiger partial charge in [-0.25, -0.2) is 0 Å². The smallest absolute Gasteiger partial charge is 0.123 e. The zero-order valence-corrected chi connectivity index (χ0v) is 14.0. The van der Waals surface area contributed by atoms with Crippen LogP contribution in [0.4, 0.5) is 0 Å². The molecule has 0 heterocycles. The van der Waals surface area contributed by atoms with Gasteiger partial charge in [0.2, 0.25) is 0 Å². The van der Waals surface area contributed by atoms with E-state index >= 15 is 0 Å². The van der Waals surface area contributed by atoms with Crippen molar-refractivity contribution in [2.75, 3.05) is 13.7 Å². The molecule has 2 rings (SSSR count). The van der Waals surface area contributed by atoms with Gasteiger partial charge in [-0.15, -0.1) is 0 Å². The van der Waals surface area contributed by atoms with Gasteiger partial charge < -0.3 is 10.5 Å². The van der Waals surface area contributed by atoms with Crippen molar-refractivity contribution in [2.24, 2.45) is 5.73 Å². The second kappa shape index (κ2) is 7.43. The predicted octanol–water partition coefficient (Wildman–Crippen LogP) is 3.55. The summed E-state index contributed by atoms with van der Waals surface area (Å²) in [5.74, 6) is 0.971. The fourth-order valence-electron chi connectivity index (χ4n) is 3.06. The summed E-state index contributed by atoms with van der Waals surface area (Å²) < 4.78 is 6.59. The second-order valence-corrected chi connectivity index (χ2v) is 6.50. The summed E-state index contributed by atoms with van der Waals surface area (Å²) in [4.78, 5) is 2.55. The Bertz CT molecular complexity index is 430. The summed E-state index contributed by atoms with van der Waals surface area (Å²) in [5, 5.41) is 0. The van der Waals surface area contributed by atoms with Gasteiger partial charge >= 0.3 is 0 Å². The van der Waals surface area contributed by atoms with Crippen LogP contribution in [-0.2, 0) is 6.54 Å². The largest absolute Gasteiger partial charge is 0.496 e. The first-order valence-electron chi connectivity index (χ1n) is 7.46. The van der Waals surface area contributed by atoms with Crippen LogP contribution in [0.25, 0.3) is 0 Å². The molecule has 1 fully saturated rings. The Morgan fingerprint density at radius 1 is 1.30 bits per heavy atom.